The van der Waals surface area contributed by atoms with E-state index in [-0.39, 0.29) is 17.7 Å². The highest BCUT2D eigenvalue weighted by Gasteiger charge is 2.30. The van der Waals surface area contributed by atoms with Crippen LogP contribution in [-0.4, -0.2) is 4.98 Å². The van der Waals surface area contributed by atoms with E-state index in [1.54, 1.807) is 30.6 Å². The molecule has 0 bridgehead atoms. The molecule has 23 heavy (non-hydrogen) atoms. The van der Waals surface area contributed by atoms with Gasteiger partial charge in [-0.05, 0) is 48.0 Å². The largest absolute Gasteiger partial charge is 0.276 e. The minimum Gasteiger partial charge on any atom is -0.276 e. The molecule has 3 nitrogen and oxygen atoms in total. The molecule has 2 aromatic carbocycles. The number of pyridine rings is 1. The summed E-state index contributed by atoms with van der Waals surface area (Å²) in [5.41, 5.74) is 6.80. The summed E-state index contributed by atoms with van der Waals surface area (Å²) in [5, 5.41) is 1.89. The molecular formula is C18H13F2N3. The lowest BCUT2D eigenvalue weighted by molar-refractivity contribution is 0.616. The predicted octanol–water partition coefficient (Wildman–Crippen LogP) is 4.11. The second-order valence-corrected chi connectivity index (χ2v) is 5.36. The summed E-state index contributed by atoms with van der Waals surface area (Å²) >= 11 is 0. The summed E-state index contributed by atoms with van der Waals surface area (Å²) in [6.45, 7) is 0. The van der Waals surface area contributed by atoms with Crippen molar-refractivity contribution in [1.29, 1.82) is 0 Å². The molecule has 0 saturated carbocycles. The van der Waals surface area contributed by atoms with Crippen LogP contribution in [0.3, 0.4) is 0 Å². The summed E-state index contributed by atoms with van der Waals surface area (Å²) in [6.07, 6.45) is 3.40. The Labute approximate surface area is 132 Å². The van der Waals surface area contributed by atoms with Gasteiger partial charge in [0.25, 0.3) is 0 Å². The van der Waals surface area contributed by atoms with E-state index in [0.717, 1.165) is 22.5 Å². The smallest absolute Gasteiger partial charge is 0.123 e. The second kappa shape index (κ2) is 5.44. The standard InChI is InChI=1S/C18H13F2N3/c19-13-3-1-12(2-4-13)18-16-11-14(20)5-6-17(16)23(22-18)15-7-9-21-10-8-15/h1-11,18,22H. The fourth-order valence-corrected chi connectivity index (χ4v) is 2.84. The molecule has 1 aromatic heterocycles. The zero-order valence-corrected chi connectivity index (χ0v) is 12.1. The fraction of sp³-hybridized carbons (Fsp3) is 0.0556. The minimum atomic E-state index is -0.297. The number of halogens is 2. The Kier molecular flexibility index (Phi) is 3.28. The average Bonchev–Trinajstić information content (AvgIpc) is 2.95. The number of benzene rings is 2. The summed E-state index contributed by atoms with van der Waals surface area (Å²) in [6, 6.07) is 14.4. The first-order chi connectivity index (χ1) is 11.2. The molecule has 1 aliphatic rings. The molecule has 1 N–H and O–H groups in total. The molecular weight excluding hydrogens is 296 g/mol. The molecule has 4 rings (SSSR count). The van der Waals surface area contributed by atoms with Crippen LogP contribution in [0.25, 0.3) is 0 Å². The number of hydrogen-bond donors (Lipinski definition) is 1. The van der Waals surface area contributed by atoms with E-state index >= 15 is 0 Å². The zero-order chi connectivity index (χ0) is 15.8. The number of rotatable bonds is 2. The van der Waals surface area contributed by atoms with E-state index in [2.05, 4.69) is 10.4 Å². The fourth-order valence-electron chi connectivity index (χ4n) is 2.84. The highest BCUT2D eigenvalue weighted by atomic mass is 19.1. The number of fused-ring (bicyclic) bond motifs is 1. The molecule has 5 heteroatoms. The quantitative estimate of drug-likeness (QED) is 0.772. The molecule has 0 fully saturated rings. The SMILES string of the molecule is Fc1ccc(C2NN(c3ccncc3)c3ccc(F)cc32)cc1. The molecule has 114 valence electrons. The number of nitrogens with one attached hydrogen (secondary N) is 1. The minimum absolute atomic E-state index is 0.241. The van der Waals surface area contributed by atoms with Crippen LogP contribution in [0.4, 0.5) is 20.2 Å². The summed E-state index contributed by atoms with van der Waals surface area (Å²) < 4.78 is 26.9. The molecule has 0 aliphatic carbocycles. The van der Waals surface area contributed by atoms with Crippen molar-refractivity contribution in [2.24, 2.45) is 0 Å². The lowest BCUT2D eigenvalue weighted by atomic mass is 9.99. The molecule has 0 radical (unpaired) electrons. The lowest BCUT2D eigenvalue weighted by Gasteiger charge is -2.21. The second-order valence-electron chi connectivity index (χ2n) is 5.36. The maximum absolute atomic E-state index is 13.7. The molecule has 0 saturated heterocycles. The Hall–Kier alpha value is -2.79. The summed E-state index contributed by atoms with van der Waals surface area (Å²) in [5.74, 6) is -0.591. The molecule has 1 aliphatic heterocycles. The van der Waals surface area contributed by atoms with E-state index in [4.69, 9.17) is 0 Å². The number of hydrazine groups is 1. The van der Waals surface area contributed by atoms with Gasteiger partial charge < -0.3 is 0 Å². The first kappa shape index (κ1) is 13.8. The molecule has 0 spiro atoms. The van der Waals surface area contributed by atoms with Crippen LogP contribution in [0, 0.1) is 11.6 Å². The van der Waals surface area contributed by atoms with Crippen LogP contribution in [0.2, 0.25) is 0 Å². The molecule has 1 unspecified atom stereocenters. The molecule has 0 amide bonds. The van der Waals surface area contributed by atoms with Gasteiger partial charge in [-0.1, -0.05) is 12.1 Å². The van der Waals surface area contributed by atoms with E-state index in [1.807, 2.05) is 17.1 Å². The van der Waals surface area contributed by atoms with Gasteiger partial charge in [0, 0.05) is 18.0 Å². The van der Waals surface area contributed by atoms with Gasteiger partial charge in [0.15, 0.2) is 0 Å². The van der Waals surface area contributed by atoms with E-state index in [0.29, 0.717) is 0 Å². The van der Waals surface area contributed by atoms with Crippen LogP contribution in [-0.2, 0) is 0 Å². The zero-order valence-electron chi connectivity index (χ0n) is 12.1. The lowest BCUT2D eigenvalue weighted by Crippen LogP contribution is -2.30. The molecule has 3 aromatic rings. The van der Waals surface area contributed by atoms with Gasteiger partial charge in [-0.2, -0.15) is 0 Å². The van der Waals surface area contributed by atoms with Crippen molar-refractivity contribution in [2.45, 2.75) is 6.04 Å². The van der Waals surface area contributed by atoms with Crippen molar-refractivity contribution in [1.82, 2.24) is 10.4 Å². The van der Waals surface area contributed by atoms with Crippen LogP contribution in [0.15, 0.2) is 67.0 Å². The Balaban J connectivity index is 1.81. The van der Waals surface area contributed by atoms with Gasteiger partial charge >= 0.3 is 0 Å². The van der Waals surface area contributed by atoms with Crippen molar-refractivity contribution < 1.29 is 8.78 Å². The van der Waals surface area contributed by atoms with E-state index in [1.165, 1.54) is 24.3 Å². The Morgan fingerprint density at radius 2 is 1.57 bits per heavy atom. The van der Waals surface area contributed by atoms with Crippen LogP contribution >= 0.6 is 0 Å². The van der Waals surface area contributed by atoms with Gasteiger partial charge in [0.1, 0.15) is 11.6 Å². The topological polar surface area (TPSA) is 28.2 Å². The number of nitrogens with zero attached hydrogens (tertiary/aromatic N) is 2. The van der Waals surface area contributed by atoms with Gasteiger partial charge in [-0.3, -0.25) is 9.99 Å². The average molecular weight is 309 g/mol. The Bertz CT molecular complexity index is 835. The van der Waals surface area contributed by atoms with Crippen molar-refractivity contribution in [3.8, 4) is 0 Å². The van der Waals surface area contributed by atoms with Gasteiger partial charge in [0.05, 0.1) is 17.4 Å². The third-order valence-electron chi connectivity index (χ3n) is 3.92. The third kappa shape index (κ3) is 2.45. The first-order valence-corrected chi connectivity index (χ1v) is 7.23. The van der Waals surface area contributed by atoms with E-state index in [9.17, 15) is 8.78 Å². The van der Waals surface area contributed by atoms with Crippen molar-refractivity contribution in [3.63, 3.8) is 0 Å². The van der Waals surface area contributed by atoms with Crippen molar-refractivity contribution >= 4 is 11.4 Å². The first-order valence-electron chi connectivity index (χ1n) is 7.23. The Morgan fingerprint density at radius 1 is 0.870 bits per heavy atom. The number of hydrogen-bond acceptors (Lipinski definition) is 3. The van der Waals surface area contributed by atoms with Crippen molar-refractivity contribution in [2.75, 3.05) is 5.01 Å². The van der Waals surface area contributed by atoms with Gasteiger partial charge in [0.2, 0.25) is 0 Å². The van der Waals surface area contributed by atoms with E-state index < -0.39 is 0 Å². The van der Waals surface area contributed by atoms with Crippen LogP contribution in [0.5, 0.6) is 0 Å². The van der Waals surface area contributed by atoms with Crippen LogP contribution < -0.4 is 10.4 Å². The van der Waals surface area contributed by atoms with Gasteiger partial charge in [-0.25, -0.2) is 14.2 Å². The van der Waals surface area contributed by atoms with Crippen LogP contribution in [0.1, 0.15) is 17.2 Å². The molecule has 2 heterocycles. The molecule has 1 atom stereocenters. The van der Waals surface area contributed by atoms with Gasteiger partial charge in [-0.15, -0.1) is 0 Å². The number of aromatic nitrogens is 1. The normalized spacial score (nSPS) is 16.4. The highest BCUT2D eigenvalue weighted by Crippen LogP contribution is 2.40. The maximum Gasteiger partial charge on any atom is 0.123 e. The third-order valence-corrected chi connectivity index (χ3v) is 3.92. The summed E-state index contributed by atoms with van der Waals surface area (Å²) in [7, 11) is 0. The predicted molar refractivity (Wildman–Crippen MR) is 84.2 cm³/mol. The van der Waals surface area contributed by atoms with Crippen molar-refractivity contribution in [3.05, 3.63) is 89.8 Å². The Morgan fingerprint density at radius 3 is 2.30 bits per heavy atom. The highest BCUT2D eigenvalue weighted by molar-refractivity contribution is 5.70. The summed E-state index contributed by atoms with van der Waals surface area (Å²) in [4.78, 5) is 4.02. The number of anilines is 2. The maximum atomic E-state index is 13.7. The monoisotopic (exact) mass is 309 g/mol.